The Bertz CT molecular complexity index is 439. The average Bonchev–Trinajstić information content (AvgIpc) is 2.48. The largest absolute Gasteiger partial charge is 0.481 e. The molecule has 1 heterocycles. The number of nitrogens with one attached hydrogen (secondary N) is 1. The van der Waals surface area contributed by atoms with Crippen LogP contribution >= 0.6 is 0 Å². The maximum Gasteiger partial charge on any atom is 0.317 e. The minimum Gasteiger partial charge on any atom is -0.481 e. The molecule has 0 unspecified atom stereocenters. The van der Waals surface area contributed by atoms with Gasteiger partial charge in [0.1, 0.15) is 18.3 Å². The van der Waals surface area contributed by atoms with Crippen molar-refractivity contribution in [3.63, 3.8) is 0 Å². The lowest BCUT2D eigenvalue weighted by Gasteiger charge is -2.38. The predicted octanol–water partition coefficient (Wildman–Crippen LogP) is -3.27. The van der Waals surface area contributed by atoms with Gasteiger partial charge in [0.2, 0.25) is 0 Å². The zero-order chi connectivity index (χ0) is 17.7. The van der Waals surface area contributed by atoms with Gasteiger partial charge in [-0.2, -0.15) is 0 Å². The molecule has 1 aliphatic rings. The summed E-state index contributed by atoms with van der Waals surface area (Å²) >= 11 is 0. The number of aliphatic hydroxyl groups excluding tert-OH is 3. The fourth-order valence-electron chi connectivity index (χ4n) is 2.05. The monoisotopic (exact) mass is 337 g/mol. The molecule has 5 atom stereocenters. The van der Waals surface area contributed by atoms with Crippen LogP contribution in [-0.4, -0.2) is 87.7 Å². The topological polar surface area (TPSA) is 183 Å². The Hall–Kier alpha value is -1.79. The molecule has 0 aromatic carbocycles. The summed E-state index contributed by atoms with van der Waals surface area (Å²) in [5.74, 6) is -5.68. The third-order valence-electron chi connectivity index (χ3n) is 3.39. The van der Waals surface area contributed by atoms with E-state index in [1.807, 2.05) is 0 Å². The van der Waals surface area contributed by atoms with Gasteiger partial charge in [0, 0.05) is 13.7 Å². The van der Waals surface area contributed by atoms with Gasteiger partial charge in [-0.3, -0.25) is 14.4 Å². The third-order valence-corrected chi connectivity index (χ3v) is 3.39. The summed E-state index contributed by atoms with van der Waals surface area (Å²) in [7, 11) is 1.16. The van der Waals surface area contributed by atoms with Gasteiger partial charge in [-0.05, 0) is 6.42 Å². The summed E-state index contributed by atoms with van der Waals surface area (Å²) < 4.78 is 9.75. The van der Waals surface area contributed by atoms with Crippen LogP contribution < -0.4 is 5.32 Å². The molecule has 0 aromatic heterocycles. The number of rotatable bonds is 7. The van der Waals surface area contributed by atoms with E-state index in [9.17, 15) is 29.7 Å². The van der Waals surface area contributed by atoms with Crippen molar-refractivity contribution in [1.82, 2.24) is 5.32 Å². The molecule has 23 heavy (non-hydrogen) atoms. The summed E-state index contributed by atoms with van der Waals surface area (Å²) in [6.45, 7) is -0.301. The van der Waals surface area contributed by atoms with Gasteiger partial charge in [0.15, 0.2) is 18.3 Å². The van der Waals surface area contributed by atoms with E-state index < -0.39 is 54.5 Å². The molecule has 1 rings (SSSR count). The van der Waals surface area contributed by atoms with E-state index in [2.05, 4.69) is 5.32 Å². The highest BCUT2D eigenvalue weighted by molar-refractivity contribution is 5.92. The fraction of sp³-hybridized carbons (Fsp3) is 0.750. The molecule has 11 nitrogen and oxygen atoms in total. The van der Waals surface area contributed by atoms with Crippen molar-refractivity contribution < 1.29 is 49.4 Å². The van der Waals surface area contributed by atoms with Gasteiger partial charge >= 0.3 is 11.9 Å². The second-order valence-electron chi connectivity index (χ2n) is 4.94. The molecule has 0 radical (unpaired) electrons. The Kier molecular flexibility index (Phi) is 6.84. The Labute approximate surface area is 130 Å². The normalized spacial score (nSPS) is 30.9. The van der Waals surface area contributed by atoms with E-state index in [0.717, 1.165) is 7.11 Å². The highest BCUT2D eigenvalue weighted by Gasteiger charge is 2.46. The maximum absolute atomic E-state index is 11.9. The summed E-state index contributed by atoms with van der Waals surface area (Å²) in [5, 5.41) is 48.5. The lowest BCUT2D eigenvalue weighted by molar-refractivity contribution is -0.283. The van der Waals surface area contributed by atoms with Crippen LogP contribution in [0.5, 0.6) is 0 Å². The van der Waals surface area contributed by atoms with Crippen molar-refractivity contribution in [1.29, 1.82) is 0 Å². The van der Waals surface area contributed by atoms with Gasteiger partial charge in [-0.1, -0.05) is 0 Å². The van der Waals surface area contributed by atoms with Crippen LogP contribution in [0.1, 0.15) is 6.42 Å². The Morgan fingerprint density at radius 2 is 1.65 bits per heavy atom. The lowest BCUT2D eigenvalue weighted by Crippen LogP contribution is -2.62. The van der Waals surface area contributed by atoms with Crippen molar-refractivity contribution in [3.8, 4) is 0 Å². The van der Waals surface area contributed by atoms with E-state index in [4.69, 9.17) is 19.7 Å². The first-order chi connectivity index (χ1) is 10.7. The van der Waals surface area contributed by atoms with Gasteiger partial charge in [-0.15, -0.1) is 0 Å². The second-order valence-corrected chi connectivity index (χ2v) is 4.94. The number of hydrogen-bond donors (Lipinski definition) is 6. The van der Waals surface area contributed by atoms with E-state index >= 15 is 0 Å². The van der Waals surface area contributed by atoms with Crippen molar-refractivity contribution >= 4 is 17.8 Å². The molecule has 0 saturated carbocycles. The van der Waals surface area contributed by atoms with E-state index in [1.165, 1.54) is 0 Å². The van der Waals surface area contributed by atoms with Crippen LogP contribution in [-0.2, 0) is 23.9 Å². The molecule has 0 aliphatic carbocycles. The summed E-state index contributed by atoms with van der Waals surface area (Å²) in [4.78, 5) is 33.3. The van der Waals surface area contributed by atoms with E-state index in [-0.39, 0.29) is 13.0 Å². The smallest absolute Gasteiger partial charge is 0.317 e. The molecule has 1 aliphatic heterocycles. The Morgan fingerprint density at radius 1 is 1.09 bits per heavy atom. The van der Waals surface area contributed by atoms with Gasteiger partial charge in [0.25, 0.3) is 5.91 Å². The number of methoxy groups -OCH3 is 1. The molecule has 0 aromatic rings. The predicted molar refractivity (Wildman–Crippen MR) is 70.1 cm³/mol. The van der Waals surface area contributed by atoms with Crippen LogP contribution in [0.3, 0.4) is 0 Å². The zero-order valence-electron chi connectivity index (χ0n) is 12.2. The quantitative estimate of drug-likeness (QED) is 0.258. The molecule has 11 heteroatoms. The molecule has 0 spiro atoms. The molecular formula is C12H19NO10. The zero-order valence-corrected chi connectivity index (χ0v) is 12.2. The van der Waals surface area contributed by atoms with Gasteiger partial charge < -0.3 is 40.3 Å². The SMILES string of the molecule is CO[C@@H]1O[C@H](C(=O)NCCC(C(=O)O)C(=O)O)[C@@H](O)[C@H](O)[C@H]1O. The van der Waals surface area contributed by atoms with Crippen LogP contribution in [0.4, 0.5) is 0 Å². The number of hydrogen-bond acceptors (Lipinski definition) is 8. The Balaban J connectivity index is 2.60. The van der Waals surface area contributed by atoms with Gasteiger partial charge in [-0.25, -0.2) is 0 Å². The molecule has 0 bridgehead atoms. The number of aliphatic carboxylic acids is 2. The molecule has 1 amide bonds. The molecule has 1 saturated heterocycles. The number of carbonyl (C=O) groups excluding carboxylic acids is 1. The van der Waals surface area contributed by atoms with Crippen LogP contribution in [0.25, 0.3) is 0 Å². The number of carboxylic acid groups (broad SMARTS) is 2. The number of carboxylic acids is 2. The summed E-state index contributed by atoms with van der Waals surface area (Å²) in [6, 6.07) is 0. The number of aliphatic hydroxyl groups is 3. The van der Waals surface area contributed by atoms with E-state index in [0.29, 0.717) is 0 Å². The number of carbonyl (C=O) groups is 3. The minimum atomic E-state index is -1.73. The summed E-state index contributed by atoms with van der Waals surface area (Å²) in [6.07, 6.45) is -8.25. The summed E-state index contributed by atoms with van der Waals surface area (Å²) in [5.41, 5.74) is 0. The fourth-order valence-corrected chi connectivity index (χ4v) is 2.05. The molecule has 1 fully saturated rings. The second kappa shape index (κ2) is 8.17. The third kappa shape index (κ3) is 4.59. The maximum atomic E-state index is 11.9. The van der Waals surface area contributed by atoms with Crippen LogP contribution in [0.15, 0.2) is 0 Å². The molecule has 6 N–H and O–H groups in total. The molecular weight excluding hydrogens is 318 g/mol. The Morgan fingerprint density at radius 3 is 2.13 bits per heavy atom. The van der Waals surface area contributed by atoms with Crippen LogP contribution in [0, 0.1) is 5.92 Å². The number of ether oxygens (including phenoxy) is 2. The number of amides is 1. The molecule has 132 valence electrons. The lowest BCUT2D eigenvalue weighted by atomic mass is 9.98. The van der Waals surface area contributed by atoms with Crippen molar-refractivity contribution in [3.05, 3.63) is 0 Å². The first kappa shape index (κ1) is 19.3. The van der Waals surface area contributed by atoms with Crippen molar-refractivity contribution in [2.45, 2.75) is 37.1 Å². The highest BCUT2D eigenvalue weighted by atomic mass is 16.7. The first-order valence-corrected chi connectivity index (χ1v) is 6.66. The highest BCUT2D eigenvalue weighted by Crippen LogP contribution is 2.21. The van der Waals surface area contributed by atoms with Crippen LogP contribution in [0.2, 0.25) is 0 Å². The van der Waals surface area contributed by atoms with Gasteiger partial charge in [0.05, 0.1) is 0 Å². The van der Waals surface area contributed by atoms with E-state index in [1.54, 1.807) is 0 Å². The minimum absolute atomic E-state index is 0.301. The average molecular weight is 337 g/mol. The van der Waals surface area contributed by atoms with Crippen molar-refractivity contribution in [2.24, 2.45) is 5.92 Å². The standard InChI is InChI=1S/C12H19NO10/c1-22-12-7(16)5(14)6(15)8(23-12)9(17)13-3-2-4(10(18)19)11(20)21/h4-8,12,14-16H,2-3H2,1H3,(H,13,17)(H,18,19)(H,20,21)/t5-,6-,7+,8-,12+/m0/s1. The van der Waals surface area contributed by atoms with Crippen molar-refractivity contribution in [2.75, 3.05) is 13.7 Å². The first-order valence-electron chi connectivity index (χ1n) is 6.66.